The summed E-state index contributed by atoms with van der Waals surface area (Å²) >= 11 is 0. The van der Waals surface area contributed by atoms with Gasteiger partial charge in [0.25, 0.3) is 5.91 Å². The Morgan fingerprint density at radius 2 is 1.69 bits per heavy atom. The van der Waals surface area contributed by atoms with Crippen LogP contribution in [0.4, 0.5) is 0 Å². The molecule has 0 bridgehead atoms. The number of amides is 1. The van der Waals surface area contributed by atoms with Crippen molar-refractivity contribution in [3.05, 3.63) is 29.8 Å². The lowest BCUT2D eigenvalue weighted by molar-refractivity contribution is -0.134. The minimum Gasteiger partial charge on any atom is -0.484 e. The molecule has 0 unspecified atom stereocenters. The van der Waals surface area contributed by atoms with Crippen molar-refractivity contribution < 1.29 is 17.9 Å². The lowest BCUT2D eigenvalue weighted by atomic mass is 10.1. The number of unbranched alkanes of at least 4 members (excludes halogenated alkanes) is 1. The highest BCUT2D eigenvalue weighted by atomic mass is 32.2. The molecule has 6 nitrogen and oxygen atoms in total. The SMILES string of the molecule is CCCCS(=O)(=O)N1CCN(C(=O)COc2ccc(CCC)cc2)CC1. The van der Waals surface area contributed by atoms with E-state index in [0.29, 0.717) is 38.3 Å². The molecule has 146 valence electrons. The maximum Gasteiger partial charge on any atom is 0.260 e. The molecule has 1 saturated heterocycles. The quantitative estimate of drug-likeness (QED) is 0.657. The summed E-state index contributed by atoms with van der Waals surface area (Å²) in [7, 11) is -3.19. The van der Waals surface area contributed by atoms with Gasteiger partial charge in [0.1, 0.15) is 5.75 Å². The smallest absolute Gasteiger partial charge is 0.260 e. The van der Waals surface area contributed by atoms with Crippen molar-refractivity contribution in [2.24, 2.45) is 0 Å². The van der Waals surface area contributed by atoms with Crippen LogP contribution in [0.15, 0.2) is 24.3 Å². The molecule has 0 atom stereocenters. The zero-order valence-corrected chi connectivity index (χ0v) is 16.6. The average molecular weight is 383 g/mol. The first-order valence-electron chi connectivity index (χ1n) is 9.43. The minimum atomic E-state index is -3.19. The molecule has 1 amide bonds. The van der Waals surface area contributed by atoms with E-state index in [-0.39, 0.29) is 18.3 Å². The van der Waals surface area contributed by atoms with Crippen LogP contribution in [0.2, 0.25) is 0 Å². The molecule has 1 aromatic carbocycles. The van der Waals surface area contributed by atoms with Crippen molar-refractivity contribution in [1.29, 1.82) is 0 Å². The van der Waals surface area contributed by atoms with Gasteiger partial charge in [0.2, 0.25) is 10.0 Å². The Morgan fingerprint density at radius 3 is 2.27 bits per heavy atom. The number of ether oxygens (including phenoxy) is 1. The fraction of sp³-hybridized carbons (Fsp3) is 0.632. The Labute approximate surface area is 157 Å². The summed E-state index contributed by atoms with van der Waals surface area (Å²) in [6, 6.07) is 7.81. The number of carbonyl (C=O) groups is 1. The average Bonchev–Trinajstić information content (AvgIpc) is 2.66. The molecule has 0 spiro atoms. The Morgan fingerprint density at radius 1 is 1.04 bits per heavy atom. The Kier molecular flexibility index (Phi) is 7.90. The van der Waals surface area contributed by atoms with Crippen LogP contribution in [0.3, 0.4) is 0 Å². The molecular formula is C19H30N2O4S. The van der Waals surface area contributed by atoms with Crippen LogP contribution in [0.1, 0.15) is 38.7 Å². The highest BCUT2D eigenvalue weighted by molar-refractivity contribution is 7.89. The zero-order valence-electron chi connectivity index (χ0n) is 15.8. The molecule has 0 saturated carbocycles. The summed E-state index contributed by atoms with van der Waals surface area (Å²) in [5.74, 6) is 0.765. The van der Waals surface area contributed by atoms with Crippen molar-refractivity contribution in [2.45, 2.75) is 39.5 Å². The second-order valence-electron chi connectivity index (χ2n) is 6.63. The highest BCUT2D eigenvalue weighted by Gasteiger charge is 2.28. The largest absolute Gasteiger partial charge is 0.484 e. The van der Waals surface area contributed by atoms with Crippen LogP contribution in [0, 0.1) is 0 Å². The number of benzene rings is 1. The van der Waals surface area contributed by atoms with Gasteiger partial charge in [0.05, 0.1) is 5.75 Å². The molecule has 7 heteroatoms. The Balaban J connectivity index is 1.77. The van der Waals surface area contributed by atoms with Gasteiger partial charge in [-0.15, -0.1) is 0 Å². The highest BCUT2D eigenvalue weighted by Crippen LogP contribution is 2.14. The third kappa shape index (κ3) is 5.99. The number of aryl methyl sites for hydroxylation is 1. The maximum absolute atomic E-state index is 12.3. The van der Waals surface area contributed by atoms with Gasteiger partial charge in [-0.05, 0) is 30.5 Å². The summed E-state index contributed by atoms with van der Waals surface area (Å²) < 4.78 is 31.5. The number of hydrogen-bond acceptors (Lipinski definition) is 4. The molecule has 0 aromatic heterocycles. The van der Waals surface area contributed by atoms with Crippen LogP contribution in [-0.4, -0.2) is 62.1 Å². The summed E-state index contributed by atoms with van der Waals surface area (Å²) in [5, 5.41) is 0. The summed E-state index contributed by atoms with van der Waals surface area (Å²) in [5.41, 5.74) is 1.26. The molecule has 1 aromatic rings. The van der Waals surface area contributed by atoms with E-state index in [4.69, 9.17) is 4.74 Å². The van der Waals surface area contributed by atoms with E-state index in [1.54, 1.807) is 4.90 Å². The first-order chi connectivity index (χ1) is 12.5. The molecule has 0 N–H and O–H groups in total. The van der Waals surface area contributed by atoms with Crippen molar-refractivity contribution >= 4 is 15.9 Å². The number of piperazine rings is 1. The van der Waals surface area contributed by atoms with Crippen molar-refractivity contribution in [1.82, 2.24) is 9.21 Å². The summed E-state index contributed by atoms with van der Waals surface area (Å²) in [4.78, 5) is 14.0. The maximum atomic E-state index is 12.3. The molecule has 2 rings (SSSR count). The third-order valence-electron chi connectivity index (χ3n) is 4.56. The predicted octanol–water partition coefficient (Wildman–Crippen LogP) is 2.29. The lowest BCUT2D eigenvalue weighted by Crippen LogP contribution is -2.52. The van der Waals surface area contributed by atoms with Crippen molar-refractivity contribution in [3.8, 4) is 5.75 Å². The molecular weight excluding hydrogens is 352 g/mol. The topological polar surface area (TPSA) is 66.9 Å². The molecule has 1 aliphatic heterocycles. The first-order valence-corrected chi connectivity index (χ1v) is 11.0. The van der Waals surface area contributed by atoms with E-state index in [1.807, 2.05) is 31.2 Å². The molecule has 1 fully saturated rings. The number of carbonyl (C=O) groups excluding carboxylic acids is 1. The molecule has 0 radical (unpaired) electrons. The standard InChI is InChI=1S/C19H30N2O4S/c1-3-5-15-26(23,24)21-13-11-20(12-14-21)19(22)16-25-18-9-7-17(6-4-2)8-10-18/h7-10H,3-6,11-16H2,1-2H3. The second kappa shape index (κ2) is 9.92. The van der Waals surface area contributed by atoms with E-state index >= 15 is 0 Å². The van der Waals surface area contributed by atoms with Crippen LogP contribution in [0.5, 0.6) is 5.75 Å². The second-order valence-corrected chi connectivity index (χ2v) is 8.72. The molecule has 1 heterocycles. The van der Waals surface area contributed by atoms with Gasteiger partial charge < -0.3 is 9.64 Å². The summed E-state index contributed by atoms with van der Waals surface area (Å²) in [6.45, 7) is 5.66. The molecule has 26 heavy (non-hydrogen) atoms. The van der Waals surface area contributed by atoms with Gasteiger partial charge in [-0.1, -0.05) is 38.8 Å². The Hall–Kier alpha value is -1.60. The summed E-state index contributed by atoms with van der Waals surface area (Å²) in [6.07, 6.45) is 3.66. The van der Waals surface area contributed by atoms with Crippen molar-refractivity contribution in [3.63, 3.8) is 0 Å². The fourth-order valence-electron chi connectivity index (χ4n) is 2.95. The number of sulfonamides is 1. The van der Waals surface area contributed by atoms with E-state index in [1.165, 1.54) is 9.87 Å². The first kappa shape index (κ1) is 20.7. The van der Waals surface area contributed by atoms with Crippen LogP contribution >= 0.6 is 0 Å². The fourth-order valence-corrected chi connectivity index (χ4v) is 4.58. The van der Waals surface area contributed by atoms with Gasteiger partial charge >= 0.3 is 0 Å². The van der Waals surface area contributed by atoms with Gasteiger partial charge in [-0.3, -0.25) is 4.79 Å². The van der Waals surface area contributed by atoms with Crippen LogP contribution in [-0.2, 0) is 21.2 Å². The van der Waals surface area contributed by atoms with E-state index < -0.39 is 10.0 Å². The molecule has 0 aliphatic carbocycles. The van der Waals surface area contributed by atoms with E-state index in [0.717, 1.165) is 19.3 Å². The normalized spacial score (nSPS) is 15.8. The Bertz CT molecular complexity index is 665. The predicted molar refractivity (Wildman–Crippen MR) is 103 cm³/mol. The number of rotatable bonds is 9. The van der Waals surface area contributed by atoms with Crippen LogP contribution in [0.25, 0.3) is 0 Å². The lowest BCUT2D eigenvalue weighted by Gasteiger charge is -2.34. The third-order valence-corrected chi connectivity index (χ3v) is 6.52. The van der Waals surface area contributed by atoms with Crippen LogP contribution < -0.4 is 4.74 Å². The monoisotopic (exact) mass is 382 g/mol. The van der Waals surface area contributed by atoms with Gasteiger partial charge in [-0.2, -0.15) is 4.31 Å². The van der Waals surface area contributed by atoms with Gasteiger partial charge in [-0.25, -0.2) is 8.42 Å². The van der Waals surface area contributed by atoms with Crippen molar-refractivity contribution in [2.75, 3.05) is 38.5 Å². The number of hydrogen-bond donors (Lipinski definition) is 0. The van der Waals surface area contributed by atoms with Gasteiger partial charge in [0.15, 0.2) is 6.61 Å². The minimum absolute atomic E-state index is 0.0181. The molecule has 1 aliphatic rings. The zero-order chi connectivity index (χ0) is 19.0. The number of nitrogens with zero attached hydrogens (tertiary/aromatic N) is 2. The van der Waals surface area contributed by atoms with Gasteiger partial charge in [0, 0.05) is 26.2 Å². The van der Waals surface area contributed by atoms with E-state index in [9.17, 15) is 13.2 Å². The van der Waals surface area contributed by atoms with E-state index in [2.05, 4.69) is 6.92 Å².